The molecule has 0 radical (unpaired) electrons. The largest absolute Gasteiger partial charge is 4.00 e. The molecule has 0 saturated heterocycles. The van der Waals surface area contributed by atoms with Gasteiger partial charge in [0.2, 0.25) is 0 Å². The normalized spacial score (nSPS) is 10.3. The van der Waals surface area contributed by atoms with Crippen molar-refractivity contribution in [3.05, 3.63) is 105 Å². The summed E-state index contributed by atoms with van der Waals surface area (Å²) < 4.78 is 9.24. The zero-order valence-electron chi connectivity index (χ0n) is 24.3. The first-order chi connectivity index (χ1) is 20.7. The van der Waals surface area contributed by atoms with Crippen molar-refractivity contribution in [1.82, 2.24) is 19.9 Å². The minimum Gasteiger partial charge on any atom is -0.647 e. The van der Waals surface area contributed by atoms with Crippen molar-refractivity contribution in [2.24, 2.45) is 0 Å². The van der Waals surface area contributed by atoms with Gasteiger partial charge in [0, 0.05) is 18.6 Å². The second kappa shape index (κ2) is 18.1. The molecule has 0 aliphatic carbocycles. The van der Waals surface area contributed by atoms with Gasteiger partial charge in [0.15, 0.2) is 0 Å². The van der Waals surface area contributed by atoms with Crippen molar-refractivity contribution in [2.45, 2.75) is 6.92 Å². The summed E-state index contributed by atoms with van der Waals surface area (Å²) in [6.45, 7) is 3.12. The molecule has 44 heavy (non-hydrogen) atoms. The topological polar surface area (TPSA) is 188 Å². The summed E-state index contributed by atoms with van der Waals surface area (Å²) >= 11 is 0. The molecule has 15 heteroatoms. The molecule has 3 aromatic heterocycles. The van der Waals surface area contributed by atoms with Gasteiger partial charge < -0.3 is 44.7 Å². The van der Waals surface area contributed by atoms with Crippen LogP contribution < -0.4 is 0 Å². The number of pyridine rings is 3. The number of carbonyl (C=O) groups excluding carboxylic acids is 5. The number of carbonyl (C=O) groups is 5. The van der Waals surface area contributed by atoms with E-state index in [-0.39, 0.29) is 64.9 Å². The van der Waals surface area contributed by atoms with E-state index < -0.39 is 29.7 Å². The Morgan fingerprint density at radius 1 is 0.614 bits per heavy atom. The van der Waals surface area contributed by atoms with Crippen LogP contribution >= 0.6 is 0 Å². The van der Waals surface area contributed by atoms with Crippen LogP contribution in [0.3, 0.4) is 0 Å². The Morgan fingerprint density at radius 2 is 0.977 bits per heavy atom. The zero-order valence-corrected chi connectivity index (χ0v) is 25.4. The van der Waals surface area contributed by atoms with E-state index in [0.717, 1.165) is 5.56 Å². The van der Waals surface area contributed by atoms with Gasteiger partial charge in [-0.3, -0.25) is 15.0 Å². The maximum atomic E-state index is 12.5. The van der Waals surface area contributed by atoms with Crippen LogP contribution in [0.4, 0.5) is 0 Å². The first kappa shape index (κ1) is 35.5. The van der Waals surface area contributed by atoms with Crippen molar-refractivity contribution >= 4 is 29.7 Å². The van der Waals surface area contributed by atoms with Crippen molar-refractivity contribution in [1.29, 1.82) is 0 Å². The van der Waals surface area contributed by atoms with E-state index in [1.54, 1.807) is 18.3 Å². The van der Waals surface area contributed by atoms with Gasteiger partial charge in [-0.15, -0.1) is 19.6 Å². The summed E-state index contributed by atoms with van der Waals surface area (Å²) in [6, 6.07) is 8.99. The quantitative estimate of drug-likeness (QED) is 0.185. The molecule has 3 amide bonds. The molecule has 0 atom stereocenters. The van der Waals surface area contributed by atoms with E-state index in [2.05, 4.69) is 40.4 Å². The Hall–Kier alpha value is -4.72. The minimum atomic E-state index is -0.570. The second-order valence-corrected chi connectivity index (χ2v) is 8.97. The first-order valence-corrected chi connectivity index (χ1v) is 13.1. The first-order valence-electron chi connectivity index (χ1n) is 13.1. The summed E-state index contributed by atoms with van der Waals surface area (Å²) in [5, 5.41) is 12.1. The van der Waals surface area contributed by atoms with Crippen LogP contribution in [-0.4, -0.2) is 103 Å². The van der Waals surface area contributed by atoms with Crippen molar-refractivity contribution < 1.29 is 50.5 Å². The van der Waals surface area contributed by atoms with Gasteiger partial charge in [-0.2, -0.15) is 0 Å². The molecule has 0 unspecified atom stereocenters. The third kappa shape index (κ3) is 10.8. The van der Waals surface area contributed by atoms with Gasteiger partial charge in [-0.05, 0) is 62.5 Å². The van der Waals surface area contributed by atoms with E-state index in [9.17, 15) is 24.0 Å². The standard InChI is InChI=1S/C29H33N7O7.Fe/c1-19-4-7-22(33-16-19)25(37)30-10-13-36(14-11-31-26(38)23-8-5-20(17-34-23)28(40)42-2)15-12-32-27(39)24-9-6-21(18-35-24)29(41)43-3;/h4-9,16-18H,10-15H2,1-3H3,(H3,30,31,32,37,38,39);/q;+4/p-3. The number of aryl methyl sites for hydroxylation is 1. The smallest absolute Gasteiger partial charge is 0.647 e. The van der Waals surface area contributed by atoms with Crippen LogP contribution in [-0.2, 0) is 26.5 Å². The number of hydrogen-bond acceptors (Lipinski definition) is 11. The van der Waals surface area contributed by atoms with E-state index >= 15 is 0 Å². The zero-order chi connectivity index (χ0) is 31.2. The number of aromatic nitrogens is 3. The summed E-state index contributed by atoms with van der Waals surface area (Å²) in [5.74, 6) is -2.73. The van der Waals surface area contributed by atoms with Gasteiger partial charge in [-0.25, -0.2) is 9.59 Å². The Labute approximate surface area is 264 Å². The number of rotatable bonds is 14. The summed E-state index contributed by atoms with van der Waals surface area (Å²) in [5.41, 5.74) is 1.70. The fraction of sp³-hybridized carbons (Fsp3) is 0.310. The van der Waals surface area contributed by atoms with Crippen LogP contribution in [0.1, 0.15) is 57.7 Å². The number of ether oxygens (including phenoxy) is 2. The van der Waals surface area contributed by atoms with Crippen LogP contribution in [0, 0.1) is 6.92 Å². The van der Waals surface area contributed by atoms with Crippen molar-refractivity contribution in [3.63, 3.8) is 0 Å². The van der Waals surface area contributed by atoms with Gasteiger partial charge >= 0.3 is 29.0 Å². The average Bonchev–Trinajstić information content (AvgIpc) is 3.03. The molecular weight excluding hydrogens is 614 g/mol. The molecule has 0 fully saturated rings. The van der Waals surface area contributed by atoms with E-state index in [1.807, 2.05) is 11.8 Å². The third-order valence-corrected chi connectivity index (χ3v) is 5.95. The number of nitrogens with zero attached hydrogens (tertiary/aromatic N) is 7. The number of hydrogen-bond donors (Lipinski definition) is 0. The molecular formula is C29H30FeN7O7+. The molecule has 3 rings (SSSR count). The van der Waals surface area contributed by atoms with Gasteiger partial charge in [0.1, 0.15) is 17.7 Å². The Balaban J connectivity index is 0.00000675. The molecule has 0 saturated carbocycles. The minimum absolute atomic E-state index is 0. The van der Waals surface area contributed by atoms with Gasteiger partial charge in [-0.1, -0.05) is 6.07 Å². The number of esters is 2. The second-order valence-electron chi connectivity index (χ2n) is 8.97. The molecule has 0 N–H and O–H groups in total. The summed E-state index contributed by atoms with van der Waals surface area (Å²) in [7, 11) is 2.49. The summed E-state index contributed by atoms with van der Waals surface area (Å²) in [6.07, 6.45) is 4.05. The average molecular weight is 644 g/mol. The molecule has 0 spiro atoms. The fourth-order valence-corrected chi connectivity index (χ4v) is 3.57. The van der Waals surface area contributed by atoms with Crippen LogP contribution in [0.2, 0.25) is 0 Å². The maximum absolute atomic E-state index is 12.5. The Bertz CT molecular complexity index is 1340. The van der Waals surface area contributed by atoms with Crippen LogP contribution in [0.5, 0.6) is 0 Å². The van der Waals surface area contributed by atoms with Gasteiger partial charge in [0.05, 0.1) is 42.4 Å². The van der Waals surface area contributed by atoms with E-state index in [4.69, 9.17) is 0 Å². The molecule has 3 aromatic rings. The molecule has 0 aromatic carbocycles. The molecule has 0 aliphatic heterocycles. The Morgan fingerprint density at radius 3 is 1.27 bits per heavy atom. The third-order valence-electron chi connectivity index (χ3n) is 5.95. The van der Waals surface area contributed by atoms with Crippen LogP contribution in [0.15, 0.2) is 55.0 Å². The maximum Gasteiger partial charge on any atom is 4.00 e. The van der Waals surface area contributed by atoms with Crippen molar-refractivity contribution in [2.75, 3.05) is 53.5 Å². The van der Waals surface area contributed by atoms with Gasteiger partial charge in [0.25, 0.3) is 0 Å². The Kier molecular flexibility index (Phi) is 14.6. The number of methoxy groups -OCH3 is 2. The summed E-state index contributed by atoms with van der Waals surface area (Å²) in [4.78, 5) is 74.3. The predicted molar refractivity (Wildman–Crippen MR) is 154 cm³/mol. The SMILES string of the molecule is COC(=O)c1ccc(C(=O)[N-]CCN(CC[N-]C(=O)c2ccc(C)cn2)CC[N-]C(=O)c2ccc(C(=O)OC)cn2)nc1.[Fe+4]. The predicted octanol–water partition coefficient (Wildman–Crippen LogP) is 2.99. The molecule has 0 bridgehead atoms. The number of amides is 3. The monoisotopic (exact) mass is 644 g/mol. The molecule has 14 nitrogen and oxygen atoms in total. The molecule has 3 heterocycles. The van der Waals surface area contributed by atoms with E-state index in [0.29, 0.717) is 19.6 Å². The molecule has 0 aliphatic rings. The van der Waals surface area contributed by atoms with E-state index in [1.165, 1.54) is 50.9 Å². The molecule has 230 valence electrons. The van der Waals surface area contributed by atoms with Crippen LogP contribution in [0.25, 0.3) is 16.0 Å². The van der Waals surface area contributed by atoms with Crippen molar-refractivity contribution in [3.8, 4) is 0 Å². The fourth-order valence-electron chi connectivity index (χ4n) is 3.57.